The fraction of sp³-hybridized carbons (Fsp3) is 0.111. The van der Waals surface area contributed by atoms with Crippen LogP contribution in [0.15, 0.2) is 17.2 Å². The van der Waals surface area contributed by atoms with Gasteiger partial charge >= 0.3 is 6.03 Å². The number of benzene rings is 1. The Labute approximate surface area is 96.0 Å². The summed E-state index contributed by atoms with van der Waals surface area (Å²) in [7, 11) is 0. The number of amides is 2. The van der Waals surface area contributed by atoms with Crippen molar-refractivity contribution in [3.8, 4) is 11.5 Å². The third-order valence-corrected chi connectivity index (χ3v) is 2.12. The lowest BCUT2D eigenvalue weighted by Gasteiger charge is -2.00. The number of primary amides is 1. The Morgan fingerprint density at radius 3 is 3.12 bits per heavy atom. The monoisotopic (exact) mass is 241 g/mol. The van der Waals surface area contributed by atoms with E-state index >= 15 is 0 Å². The highest BCUT2D eigenvalue weighted by Crippen LogP contribution is 2.39. The number of nitrogens with zero attached hydrogens (tertiary/aromatic N) is 1. The predicted molar refractivity (Wildman–Crippen MR) is 57.9 cm³/mol. The van der Waals surface area contributed by atoms with Gasteiger partial charge in [0.1, 0.15) is 0 Å². The van der Waals surface area contributed by atoms with E-state index in [-0.39, 0.29) is 6.79 Å². The second-order valence-electron chi connectivity index (χ2n) is 2.97. The molecule has 2 rings (SSSR count). The summed E-state index contributed by atoms with van der Waals surface area (Å²) in [5.41, 5.74) is 7.59. The molecule has 0 radical (unpaired) electrons. The molecular weight excluding hydrogens is 234 g/mol. The predicted octanol–water partition coefficient (Wildman–Crippen LogP) is 1.07. The molecule has 6 nitrogen and oxygen atoms in total. The first-order valence-electron chi connectivity index (χ1n) is 4.34. The zero-order chi connectivity index (χ0) is 11.5. The van der Waals surface area contributed by atoms with Crippen LogP contribution in [0.25, 0.3) is 0 Å². The van der Waals surface area contributed by atoms with Crippen molar-refractivity contribution in [2.24, 2.45) is 10.8 Å². The molecule has 1 aromatic rings. The largest absolute Gasteiger partial charge is 0.454 e. The van der Waals surface area contributed by atoms with E-state index in [1.54, 1.807) is 12.1 Å². The first-order chi connectivity index (χ1) is 7.66. The van der Waals surface area contributed by atoms with Crippen LogP contribution in [0.2, 0.25) is 5.02 Å². The Kier molecular flexibility index (Phi) is 2.82. The second kappa shape index (κ2) is 4.28. The summed E-state index contributed by atoms with van der Waals surface area (Å²) in [5.74, 6) is 1.06. The first kappa shape index (κ1) is 10.6. The van der Waals surface area contributed by atoms with Gasteiger partial charge in [-0.1, -0.05) is 11.6 Å². The number of ether oxygens (including phenoxy) is 2. The molecule has 3 N–H and O–H groups in total. The number of carbonyl (C=O) groups is 1. The molecule has 84 valence electrons. The van der Waals surface area contributed by atoms with Gasteiger partial charge in [0, 0.05) is 0 Å². The number of hydrazone groups is 1. The first-order valence-corrected chi connectivity index (χ1v) is 4.72. The molecule has 0 unspecified atom stereocenters. The third-order valence-electron chi connectivity index (χ3n) is 1.84. The van der Waals surface area contributed by atoms with E-state index < -0.39 is 6.03 Å². The number of nitrogens with two attached hydrogens (primary N) is 1. The Balaban J connectivity index is 2.20. The topological polar surface area (TPSA) is 85.9 Å². The van der Waals surface area contributed by atoms with E-state index in [1.165, 1.54) is 6.21 Å². The highest BCUT2D eigenvalue weighted by atomic mass is 35.5. The number of fused-ring (bicyclic) bond motifs is 1. The zero-order valence-electron chi connectivity index (χ0n) is 8.07. The maximum absolute atomic E-state index is 10.4. The molecular formula is C9H8ClN3O3. The molecule has 1 heterocycles. The van der Waals surface area contributed by atoms with E-state index in [1.807, 2.05) is 0 Å². The van der Waals surface area contributed by atoms with Gasteiger partial charge < -0.3 is 15.2 Å². The van der Waals surface area contributed by atoms with Gasteiger partial charge in [-0.15, -0.1) is 0 Å². The molecule has 0 atom stereocenters. The van der Waals surface area contributed by atoms with E-state index in [4.69, 9.17) is 26.8 Å². The van der Waals surface area contributed by atoms with Crippen molar-refractivity contribution < 1.29 is 14.3 Å². The summed E-state index contributed by atoms with van der Waals surface area (Å²) in [6.07, 6.45) is 1.40. The van der Waals surface area contributed by atoms with Gasteiger partial charge in [0.15, 0.2) is 11.5 Å². The number of carbonyl (C=O) groups excluding carboxylic acids is 1. The van der Waals surface area contributed by atoms with Crippen molar-refractivity contribution in [2.45, 2.75) is 0 Å². The number of rotatable bonds is 2. The lowest BCUT2D eigenvalue weighted by Crippen LogP contribution is -2.24. The van der Waals surface area contributed by atoms with E-state index in [0.29, 0.717) is 22.1 Å². The zero-order valence-corrected chi connectivity index (χ0v) is 8.82. The Morgan fingerprint density at radius 1 is 1.56 bits per heavy atom. The lowest BCUT2D eigenvalue weighted by molar-refractivity contribution is 0.174. The minimum absolute atomic E-state index is 0.148. The van der Waals surface area contributed by atoms with Crippen molar-refractivity contribution in [1.29, 1.82) is 0 Å². The lowest BCUT2D eigenvalue weighted by atomic mass is 10.2. The molecule has 0 saturated heterocycles. The SMILES string of the molecule is NC(=O)NN=Cc1cc(Cl)c2c(c1)OCO2. The molecule has 0 fully saturated rings. The molecule has 1 aromatic carbocycles. The van der Waals surface area contributed by atoms with Crippen LogP contribution in [-0.2, 0) is 0 Å². The Morgan fingerprint density at radius 2 is 2.38 bits per heavy atom. The second-order valence-corrected chi connectivity index (χ2v) is 3.38. The molecule has 16 heavy (non-hydrogen) atoms. The van der Waals surface area contributed by atoms with E-state index in [2.05, 4.69) is 10.5 Å². The number of hydrogen-bond acceptors (Lipinski definition) is 4. The molecule has 0 saturated carbocycles. The molecule has 1 aliphatic heterocycles. The third kappa shape index (κ3) is 2.17. The van der Waals surface area contributed by atoms with Crippen molar-refractivity contribution in [1.82, 2.24) is 5.43 Å². The van der Waals surface area contributed by atoms with E-state index in [9.17, 15) is 4.79 Å². The molecule has 0 spiro atoms. The summed E-state index contributed by atoms with van der Waals surface area (Å²) in [6.45, 7) is 0.148. The maximum Gasteiger partial charge on any atom is 0.332 e. The van der Waals surface area contributed by atoms with Gasteiger partial charge in [0.05, 0.1) is 11.2 Å². The number of nitrogens with one attached hydrogen (secondary N) is 1. The maximum atomic E-state index is 10.4. The Bertz CT molecular complexity index is 462. The Hall–Kier alpha value is -1.95. The van der Waals surface area contributed by atoms with Crippen molar-refractivity contribution in [2.75, 3.05) is 6.79 Å². The number of hydrogen-bond donors (Lipinski definition) is 2. The standard InChI is InChI=1S/C9H8ClN3O3/c10-6-1-5(3-12-13-9(11)14)2-7-8(6)16-4-15-7/h1-3H,4H2,(H3,11,13,14). The molecule has 7 heteroatoms. The average molecular weight is 242 g/mol. The van der Waals surface area contributed by atoms with Crippen LogP contribution >= 0.6 is 11.6 Å². The number of urea groups is 1. The van der Waals surface area contributed by atoms with Crippen LogP contribution in [0.1, 0.15) is 5.56 Å². The fourth-order valence-corrected chi connectivity index (χ4v) is 1.51. The van der Waals surface area contributed by atoms with Gasteiger partial charge in [-0.25, -0.2) is 10.2 Å². The molecule has 0 aromatic heterocycles. The van der Waals surface area contributed by atoms with Crippen LogP contribution in [0.5, 0.6) is 11.5 Å². The van der Waals surface area contributed by atoms with Gasteiger partial charge in [-0.05, 0) is 17.7 Å². The molecule has 2 amide bonds. The van der Waals surface area contributed by atoms with Crippen LogP contribution in [0.4, 0.5) is 4.79 Å². The highest BCUT2D eigenvalue weighted by Gasteiger charge is 2.17. The van der Waals surface area contributed by atoms with Gasteiger partial charge in [0.2, 0.25) is 6.79 Å². The minimum atomic E-state index is -0.733. The van der Waals surface area contributed by atoms with Gasteiger partial charge in [0.25, 0.3) is 0 Å². The number of halogens is 1. The molecule has 1 aliphatic rings. The van der Waals surface area contributed by atoms with Crippen molar-refractivity contribution in [3.63, 3.8) is 0 Å². The molecule has 0 aliphatic carbocycles. The van der Waals surface area contributed by atoms with Crippen molar-refractivity contribution >= 4 is 23.8 Å². The van der Waals surface area contributed by atoms with Crippen LogP contribution < -0.4 is 20.6 Å². The summed E-state index contributed by atoms with van der Waals surface area (Å²) >= 11 is 5.94. The van der Waals surface area contributed by atoms with Crippen LogP contribution in [0.3, 0.4) is 0 Å². The van der Waals surface area contributed by atoms with Gasteiger partial charge in [-0.2, -0.15) is 5.10 Å². The summed E-state index contributed by atoms with van der Waals surface area (Å²) in [5, 5.41) is 4.03. The average Bonchev–Trinajstić information content (AvgIpc) is 2.65. The summed E-state index contributed by atoms with van der Waals surface area (Å²) in [4.78, 5) is 10.4. The van der Waals surface area contributed by atoms with Gasteiger partial charge in [-0.3, -0.25) is 0 Å². The molecule has 0 bridgehead atoms. The quantitative estimate of drug-likeness (QED) is 0.600. The normalized spacial score (nSPS) is 13.1. The smallest absolute Gasteiger partial charge is 0.332 e. The highest BCUT2D eigenvalue weighted by molar-refractivity contribution is 6.32. The van der Waals surface area contributed by atoms with Crippen molar-refractivity contribution in [3.05, 3.63) is 22.7 Å². The minimum Gasteiger partial charge on any atom is -0.454 e. The summed E-state index contributed by atoms with van der Waals surface area (Å²) in [6, 6.07) is 2.60. The fourth-order valence-electron chi connectivity index (χ4n) is 1.23. The van der Waals surface area contributed by atoms with Crippen LogP contribution in [0, 0.1) is 0 Å². The van der Waals surface area contributed by atoms with E-state index in [0.717, 1.165) is 0 Å². The van der Waals surface area contributed by atoms with Crippen LogP contribution in [-0.4, -0.2) is 19.0 Å². The summed E-state index contributed by atoms with van der Waals surface area (Å²) < 4.78 is 10.3.